The van der Waals surface area contributed by atoms with E-state index in [-0.39, 0.29) is 29.3 Å². The molecule has 0 spiro atoms. The Morgan fingerprint density at radius 1 is 1.10 bits per heavy atom. The molecule has 2 aliphatic rings. The lowest BCUT2D eigenvalue weighted by atomic mass is 9.91. The molecular weight excluding hydrogens is 399 g/mol. The van der Waals surface area contributed by atoms with Crippen LogP contribution in [0.15, 0.2) is 30.3 Å². The van der Waals surface area contributed by atoms with Crippen LogP contribution in [0.25, 0.3) is 0 Å². The van der Waals surface area contributed by atoms with Crippen LogP contribution in [-0.4, -0.2) is 44.9 Å². The molecule has 1 aliphatic carbocycles. The topological polar surface area (TPSA) is 83.4 Å². The fourth-order valence-corrected chi connectivity index (χ4v) is 4.75. The monoisotopic (exact) mass is 419 g/mol. The minimum atomic E-state index is -4.39. The number of carboxylic acids is 1. The van der Waals surface area contributed by atoms with Gasteiger partial charge in [0.15, 0.2) is 5.69 Å². The van der Waals surface area contributed by atoms with E-state index in [0.717, 1.165) is 6.07 Å². The van der Waals surface area contributed by atoms with Crippen LogP contribution in [0.3, 0.4) is 0 Å². The van der Waals surface area contributed by atoms with Crippen molar-refractivity contribution >= 4 is 11.9 Å². The van der Waals surface area contributed by atoms with Gasteiger partial charge in [-0.2, -0.15) is 13.2 Å². The Morgan fingerprint density at radius 3 is 2.33 bits per heavy atom. The highest BCUT2D eigenvalue weighted by molar-refractivity contribution is 5.92. The average molecular weight is 419 g/mol. The zero-order valence-electron chi connectivity index (χ0n) is 16.2. The fraction of sp³-hybridized carbons (Fsp3) is 0.429. The zero-order chi connectivity index (χ0) is 21.6. The molecule has 1 N–H and O–H groups in total. The van der Waals surface area contributed by atoms with Gasteiger partial charge in [-0.15, -0.1) is 0 Å². The molecule has 0 unspecified atom stereocenters. The SMILES string of the molecule is Cc1cc(C(=O)O)nc(C(=O)N2C[C@H]3C[C@@H](c4ccccc4C(F)(F)F)C[C@H]3C2)n1. The lowest BCUT2D eigenvalue weighted by molar-refractivity contribution is -0.138. The van der Waals surface area contributed by atoms with Gasteiger partial charge in [-0.25, -0.2) is 14.8 Å². The average Bonchev–Trinajstić information content (AvgIpc) is 3.25. The second kappa shape index (κ2) is 7.37. The number of aryl methyl sites for hydroxylation is 1. The van der Waals surface area contributed by atoms with Crippen LogP contribution >= 0.6 is 0 Å². The van der Waals surface area contributed by atoms with E-state index in [1.807, 2.05) is 0 Å². The van der Waals surface area contributed by atoms with Crippen LogP contribution < -0.4 is 0 Å². The summed E-state index contributed by atoms with van der Waals surface area (Å²) in [6.45, 7) is 2.41. The molecule has 0 radical (unpaired) electrons. The third-order valence-corrected chi connectivity index (χ3v) is 6.01. The van der Waals surface area contributed by atoms with Crippen molar-refractivity contribution in [1.29, 1.82) is 0 Å². The van der Waals surface area contributed by atoms with Gasteiger partial charge in [0.25, 0.3) is 5.91 Å². The van der Waals surface area contributed by atoms with Crippen molar-refractivity contribution in [1.82, 2.24) is 14.9 Å². The predicted octanol–water partition coefficient (Wildman–Crippen LogP) is 3.77. The molecule has 1 saturated heterocycles. The molecular formula is C21H20F3N3O3. The first kappa shape index (κ1) is 20.3. The van der Waals surface area contributed by atoms with Gasteiger partial charge in [0, 0.05) is 18.8 Å². The van der Waals surface area contributed by atoms with E-state index in [4.69, 9.17) is 5.11 Å². The predicted molar refractivity (Wildman–Crippen MR) is 100 cm³/mol. The molecule has 1 aromatic carbocycles. The van der Waals surface area contributed by atoms with Crippen LogP contribution in [0.2, 0.25) is 0 Å². The second-order valence-corrected chi connectivity index (χ2v) is 8.01. The van der Waals surface area contributed by atoms with E-state index >= 15 is 0 Å². The molecule has 2 fully saturated rings. The molecule has 1 saturated carbocycles. The Morgan fingerprint density at radius 2 is 1.73 bits per heavy atom. The number of alkyl halides is 3. The molecule has 3 atom stereocenters. The highest BCUT2D eigenvalue weighted by Gasteiger charge is 2.45. The van der Waals surface area contributed by atoms with Crippen LogP contribution in [-0.2, 0) is 6.18 Å². The Hall–Kier alpha value is -2.97. The van der Waals surface area contributed by atoms with E-state index in [2.05, 4.69) is 9.97 Å². The lowest BCUT2D eigenvalue weighted by Crippen LogP contribution is -2.32. The number of likely N-dealkylation sites (tertiary alicyclic amines) is 1. The number of aromatic carboxylic acids is 1. The number of amides is 1. The zero-order valence-corrected chi connectivity index (χ0v) is 16.2. The number of hydrogen-bond acceptors (Lipinski definition) is 4. The fourth-order valence-electron chi connectivity index (χ4n) is 4.75. The van der Waals surface area contributed by atoms with Crippen molar-refractivity contribution < 1.29 is 27.9 Å². The van der Waals surface area contributed by atoms with Crippen LogP contribution in [0.1, 0.15) is 56.7 Å². The first-order valence-electron chi connectivity index (χ1n) is 9.68. The number of aromatic nitrogens is 2. The van der Waals surface area contributed by atoms with Crippen molar-refractivity contribution in [2.45, 2.75) is 31.9 Å². The van der Waals surface area contributed by atoms with Crippen molar-refractivity contribution in [3.05, 3.63) is 58.7 Å². The Balaban J connectivity index is 1.48. The van der Waals surface area contributed by atoms with E-state index in [0.29, 0.717) is 37.2 Å². The van der Waals surface area contributed by atoms with Gasteiger partial charge in [-0.1, -0.05) is 18.2 Å². The summed E-state index contributed by atoms with van der Waals surface area (Å²) in [5.41, 5.74) is -0.120. The number of rotatable bonds is 3. The summed E-state index contributed by atoms with van der Waals surface area (Å²) in [5.74, 6) is -1.83. The maximum Gasteiger partial charge on any atom is 0.416 e. The van der Waals surface area contributed by atoms with Crippen molar-refractivity contribution in [3.8, 4) is 0 Å². The third-order valence-electron chi connectivity index (χ3n) is 6.01. The third kappa shape index (κ3) is 3.76. The Labute approximate surface area is 170 Å². The number of carbonyl (C=O) groups is 2. The number of fused-ring (bicyclic) bond motifs is 1. The Bertz CT molecular complexity index is 994. The molecule has 0 bridgehead atoms. The summed E-state index contributed by atoms with van der Waals surface area (Å²) in [6, 6.07) is 6.99. The van der Waals surface area contributed by atoms with Crippen molar-refractivity contribution in [2.24, 2.45) is 11.8 Å². The number of halogens is 3. The highest BCUT2D eigenvalue weighted by atomic mass is 19.4. The summed E-state index contributed by atoms with van der Waals surface area (Å²) in [7, 11) is 0. The standard InChI is InChI=1S/C21H20F3N3O3/c1-11-6-17(20(29)30)26-18(25-11)19(28)27-9-13-7-12(8-14(13)10-27)15-4-2-3-5-16(15)21(22,23)24/h2-6,12-14H,7-10H2,1H3,(H,29,30)/t12-,13-,14+. The lowest BCUT2D eigenvalue weighted by Gasteiger charge is -2.21. The van der Waals surface area contributed by atoms with Gasteiger partial charge in [0.1, 0.15) is 0 Å². The number of carbonyl (C=O) groups excluding carboxylic acids is 1. The van der Waals surface area contributed by atoms with Gasteiger partial charge in [0.05, 0.1) is 5.56 Å². The molecule has 30 heavy (non-hydrogen) atoms. The molecule has 2 aromatic rings. The smallest absolute Gasteiger partial charge is 0.416 e. The maximum atomic E-state index is 13.4. The van der Waals surface area contributed by atoms with Crippen LogP contribution in [0.5, 0.6) is 0 Å². The Kier molecular flexibility index (Phi) is 4.99. The summed E-state index contributed by atoms with van der Waals surface area (Å²) in [5, 5.41) is 9.13. The van der Waals surface area contributed by atoms with Gasteiger partial charge < -0.3 is 10.0 Å². The first-order valence-corrected chi connectivity index (χ1v) is 9.68. The highest BCUT2D eigenvalue weighted by Crippen LogP contribution is 2.48. The maximum absolute atomic E-state index is 13.4. The number of benzene rings is 1. The first-order chi connectivity index (χ1) is 14.1. The molecule has 9 heteroatoms. The minimum absolute atomic E-state index is 0.101. The summed E-state index contributed by atoms with van der Waals surface area (Å²) in [6.07, 6.45) is -3.23. The van der Waals surface area contributed by atoms with Crippen LogP contribution in [0.4, 0.5) is 13.2 Å². The molecule has 158 valence electrons. The molecule has 1 aromatic heterocycles. The van der Waals surface area contributed by atoms with Crippen molar-refractivity contribution in [3.63, 3.8) is 0 Å². The number of carboxylic acid groups (broad SMARTS) is 1. The summed E-state index contributed by atoms with van der Waals surface area (Å²) in [4.78, 5) is 33.5. The van der Waals surface area contributed by atoms with Gasteiger partial charge in [-0.3, -0.25) is 4.79 Å². The number of hydrogen-bond donors (Lipinski definition) is 1. The molecule has 2 heterocycles. The largest absolute Gasteiger partial charge is 0.477 e. The van der Waals surface area contributed by atoms with Gasteiger partial charge >= 0.3 is 12.1 Å². The quantitative estimate of drug-likeness (QED) is 0.819. The molecule has 4 rings (SSSR count). The minimum Gasteiger partial charge on any atom is -0.477 e. The number of nitrogens with zero attached hydrogens (tertiary/aromatic N) is 3. The van der Waals surface area contributed by atoms with Gasteiger partial charge in [0.2, 0.25) is 5.82 Å². The second-order valence-electron chi connectivity index (χ2n) is 8.01. The normalized spacial score (nSPS) is 23.5. The molecule has 1 amide bonds. The van der Waals surface area contributed by atoms with Crippen molar-refractivity contribution in [2.75, 3.05) is 13.1 Å². The van der Waals surface area contributed by atoms with E-state index in [1.165, 1.54) is 12.1 Å². The van der Waals surface area contributed by atoms with E-state index in [1.54, 1.807) is 24.0 Å². The van der Waals surface area contributed by atoms with E-state index in [9.17, 15) is 22.8 Å². The molecule has 1 aliphatic heterocycles. The molecule has 6 nitrogen and oxygen atoms in total. The summed E-state index contributed by atoms with van der Waals surface area (Å²) >= 11 is 0. The van der Waals surface area contributed by atoms with Gasteiger partial charge in [-0.05, 0) is 55.2 Å². The summed E-state index contributed by atoms with van der Waals surface area (Å²) < 4.78 is 40.1. The van der Waals surface area contributed by atoms with E-state index < -0.39 is 23.6 Å². The van der Waals surface area contributed by atoms with Crippen LogP contribution in [0, 0.1) is 18.8 Å².